The van der Waals surface area contributed by atoms with Crippen molar-refractivity contribution in [3.8, 4) is 0 Å². The summed E-state index contributed by atoms with van der Waals surface area (Å²) < 4.78 is 0. The average molecular weight is 261 g/mol. The van der Waals surface area contributed by atoms with Gasteiger partial charge < -0.3 is 10.0 Å². The lowest BCUT2D eigenvalue weighted by atomic mass is 9.79. The number of nitrogens with zero attached hydrogens (tertiary/aromatic N) is 1. The highest BCUT2D eigenvalue weighted by Crippen LogP contribution is 2.34. The third kappa shape index (κ3) is 3.80. The molecule has 104 valence electrons. The fraction of sp³-hybridized carbons (Fsp3) is 0.562. The normalized spacial score (nSPS) is 24.3. The Balaban J connectivity index is 1.97. The Bertz CT molecular complexity index is 404. The van der Waals surface area contributed by atoms with Crippen LogP contribution in [0.5, 0.6) is 0 Å². The maximum absolute atomic E-state index is 10.7. The molecule has 0 spiro atoms. The second kappa shape index (κ2) is 6.71. The van der Waals surface area contributed by atoms with E-state index < -0.39 is 5.97 Å². The number of aliphatic carboxylic acids is 1. The van der Waals surface area contributed by atoms with Gasteiger partial charge in [0.2, 0.25) is 0 Å². The number of benzene rings is 1. The molecule has 0 amide bonds. The van der Waals surface area contributed by atoms with Crippen molar-refractivity contribution in [2.75, 3.05) is 19.6 Å². The highest BCUT2D eigenvalue weighted by molar-refractivity contribution is 5.66. The van der Waals surface area contributed by atoms with Gasteiger partial charge in [0.15, 0.2) is 0 Å². The van der Waals surface area contributed by atoms with Crippen LogP contribution in [-0.2, 0) is 4.79 Å². The molecular formula is C16H23NO2. The minimum atomic E-state index is -0.696. The summed E-state index contributed by atoms with van der Waals surface area (Å²) in [7, 11) is 0. The molecule has 2 atom stereocenters. The summed E-state index contributed by atoms with van der Waals surface area (Å²) in [5, 5.41) is 8.77. The predicted octanol–water partition coefficient (Wildman–Crippen LogP) is 2.98. The minimum Gasteiger partial charge on any atom is -0.481 e. The van der Waals surface area contributed by atoms with Crippen LogP contribution in [0.2, 0.25) is 0 Å². The summed E-state index contributed by atoms with van der Waals surface area (Å²) in [4.78, 5) is 13.0. The van der Waals surface area contributed by atoms with Gasteiger partial charge in [-0.1, -0.05) is 43.7 Å². The van der Waals surface area contributed by atoms with Crippen molar-refractivity contribution in [2.24, 2.45) is 5.92 Å². The lowest BCUT2D eigenvalue weighted by molar-refractivity contribution is -0.137. The Morgan fingerprint density at radius 2 is 2.11 bits per heavy atom. The van der Waals surface area contributed by atoms with Gasteiger partial charge in [0.1, 0.15) is 0 Å². The molecular weight excluding hydrogens is 238 g/mol. The largest absolute Gasteiger partial charge is 0.481 e. The van der Waals surface area contributed by atoms with E-state index in [1.807, 2.05) is 0 Å². The summed E-state index contributed by atoms with van der Waals surface area (Å²) in [5.41, 5.74) is 1.44. The Labute approximate surface area is 115 Å². The van der Waals surface area contributed by atoms with Crippen molar-refractivity contribution in [1.29, 1.82) is 0 Å². The van der Waals surface area contributed by atoms with E-state index in [9.17, 15) is 4.79 Å². The molecule has 3 heteroatoms. The van der Waals surface area contributed by atoms with Crippen LogP contribution >= 0.6 is 0 Å². The number of carboxylic acid groups (broad SMARTS) is 1. The molecule has 1 aliphatic rings. The van der Waals surface area contributed by atoms with Crippen molar-refractivity contribution in [3.63, 3.8) is 0 Å². The van der Waals surface area contributed by atoms with Crippen LogP contribution in [0, 0.1) is 5.92 Å². The summed E-state index contributed by atoms with van der Waals surface area (Å²) in [6, 6.07) is 10.7. The van der Waals surface area contributed by atoms with Gasteiger partial charge in [-0.3, -0.25) is 4.79 Å². The quantitative estimate of drug-likeness (QED) is 0.886. The molecule has 1 N–H and O–H groups in total. The molecule has 1 aliphatic heterocycles. The van der Waals surface area contributed by atoms with Crippen molar-refractivity contribution in [2.45, 2.75) is 32.1 Å². The predicted molar refractivity (Wildman–Crippen MR) is 76.3 cm³/mol. The molecule has 2 rings (SSSR count). The van der Waals surface area contributed by atoms with E-state index >= 15 is 0 Å². The van der Waals surface area contributed by atoms with E-state index in [1.54, 1.807) is 0 Å². The molecule has 1 aromatic rings. The molecule has 0 bridgehead atoms. The molecule has 0 unspecified atom stereocenters. The molecule has 1 saturated heterocycles. The Kier molecular flexibility index (Phi) is 4.97. The Morgan fingerprint density at radius 1 is 1.37 bits per heavy atom. The van der Waals surface area contributed by atoms with Crippen LogP contribution in [0.1, 0.15) is 37.7 Å². The van der Waals surface area contributed by atoms with Crippen LogP contribution in [0.15, 0.2) is 30.3 Å². The number of likely N-dealkylation sites (tertiary alicyclic amines) is 1. The van der Waals surface area contributed by atoms with Gasteiger partial charge in [-0.25, -0.2) is 0 Å². The third-order valence-electron chi connectivity index (χ3n) is 4.21. The second-order valence-electron chi connectivity index (χ2n) is 5.42. The van der Waals surface area contributed by atoms with Crippen molar-refractivity contribution >= 4 is 5.97 Å². The number of carboxylic acids is 1. The van der Waals surface area contributed by atoms with Crippen LogP contribution < -0.4 is 0 Å². The fourth-order valence-electron chi connectivity index (χ4n) is 3.12. The fourth-order valence-corrected chi connectivity index (χ4v) is 3.12. The number of piperidine rings is 1. The first kappa shape index (κ1) is 14.1. The van der Waals surface area contributed by atoms with Crippen LogP contribution in [-0.4, -0.2) is 35.6 Å². The first-order chi connectivity index (χ1) is 9.20. The zero-order valence-electron chi connectivity index (χ0n) is 11.6. The summed E-state index contributed by atoms with van der Waals surface area (Å²) in [6.45, 7) is 4.97. The zero-order chi connectivity index (χ0) is 13.7. The number of rotatable bonds is 5. The molecule has 0 saturated carbocycles. The summed E-state index contributed by atoms with van der Waals surface area (Å²) in [5.74, 6) is 0.579. The lowest BCUT2D eigenvalue weighted by Gasteiger charge is -2.38. The van der Waals surface area contributed by atoms with Gasteiger partial charge in [0.05, 0.1) is 6.42 Å². The molecule has 0 aliphatic carbocycles. The number of hydrogen-bond donors (Lipinski definition) is 1. The van der Waals surface area contributed by atoms with Crippen LogP contribution in [0.3, 0.4) is 0 Å². The molecule has 0 radical (unpaired) electrons. The molecule has 1 fully saturated rings. The van der Waals surface area contributed by atoms with Crippen molar-refractivity contribution in [3.05, 3.63) is 35.9 Å². The molecule has 1 heterocycles. The molecule has 3 nitrogen and oxygen atoms in total. The van der Waals surface area contributed by atoms with Gasteiger partial charge in [-0.05, 0) is 30.4 Å². The van der Waals surface area contributed by atoms with Gasteiger partial charge in [0, 0.05) is 13.1 Å². The highest BCUT2D eigenvalue weighted by atomic mass is 16.4. The van der Waals surface area contributed by atoms with Gasteiger partial charge in [-0.2, -0.15) is 0 Å². The summed E-state index contributed by atoms with van der Waals surface area (Å²) in [6.07, 6.45) is 2.55. The number of hydrogen-bond acceptors (Lipinski definition) is 2. The second-order valence-corrected chi connectivity index (χ2v) is 5.42. The molecule has 1 aromatic carbocycles. The smallest absolute Gasteiger partial charge is 0.304 e. The minimum absolute atomic E-state index is 0.256. The van der Waals surface area contributed by atoms with Crippen molar-refractivity contribution < 1.29 is 9.90 Å². The zero-order valence-corrected chi connectivity index (χ0v) is 11.6. The molecule has 0 aromatic heterocycles. The lowest BCUT2D eigenvalue weighted by Crippen LogP contribution is -2.40. The third-order valence-corrected chi connectivity index (χ3v) is 4.21. The number of carbonyl (C=O) groups is 1. The van der Waals surface area contributed by atoms with E-state index in [1.165, 1.54) is 5.56 Å². The van der Waals surface area contributed by atoms with Crippen molar-refractivity contribution in [1.82, 2.24) is 4.90 Å². The summed E-state index contributed by atoms with van der Waals surface area (Å²) >= 11 is 0. The van der Waals surface area contributed by atoms with E-state index in [0.29, 0.717) is 18.4 Å². The van der Waals surface area contributed by atoms with E-state index in [4.69, 9.17) is 5.11 Å². The topological polar surface area (TPSA) is 40.5 Å². The molecule has 19 heavy (non-hydrogen) atoms. The van der Waals surface area contributed by atoms with Crippen LogP contribution in [0.25, 0.3) is 0 Å². The van der Waals surface area contributed by atoms with E-state index in [-0.39, 0.29) is 6.42 Å². The SMILES string of the molecule is CC[C@H]1CN(CCC(=O)O)CC[C@H]1c1ccccc1. The first-order valence-electron chi connectivity index (χ1n) is 7.19. The highest BCUT2D eigenvalue weighted by Gasteiger charge is 2.28. The Morgan fingerprint density at radius 3 is 2.74 bits per heavy atom. The van der Waals surface area contributed by atoms with Crippen LogP contribution in [0.4, 0.5) is 0 Å². The monoisotopic (exact) mass is 261 g/mol. The van der Waals surface area contributed by atoms with Gasteiger partial charge in [-0.15, -0.1) is 0 Å². The maximum Gasteiger partial charge on any atom is 0.304 e. The standard InChI is InChI=1S/C16H23NO2/c1-2-13-12-17(11-9-16(18)19)10-8-15(13)14-6-4-3-5-7-14/h3-7,13,15H,2,8-12H2,1H3,(H,18,19)/t13-,15+/m0/s1. The Hall–Kier alpha value is -1.35. The average Bonchev–Trinajstić information content (AvgIpc) is 2.45. The maximum atomic E-state index is 10.7. The van der Waals surface area contributed by atoms with E-state index in [0.717, 1.165) is 25.9 Å². The first-order valence-corrected chi connectivity index (χ1v) is 7.19. The van der Waals surface area contributed by atoms with Gasteiger partial charge in [0.25, 0.3) is 0 Å². The van der Waals surface area contributed by atoms with Gasteiger partial charge >= 0.3 is 5.97 Å². The van der Waals surface area contributed by atoms with E-state index in [2.05, 4.69) is 42.2 Å².